The monoisotopic (exact) mass is 262 g/mol. The molecule has 0 unspecified atom stereocenters. The second-order valence-corrected chi connectivity index (χ2v) is 4.41. The zero-order valence-corrected chi connectivity index (χ0v) is 11.4. The van der Waals surface area contributed by atoms with Gasteiger partial charge in [0.25, 0.3) is 0 Å². The van der Waals surface area contributed by atoms with Crippen LogP contribution in [0.25, 0.3) is 0 Å². The highest BCUT2D eigenvalue weighted by Gasteiger charge is 2.08. The van der Waals surface area contributed by atoms with Crippen LogP contribution < -0.4 is 10.1 Å². The van der Waals surface area contributed by atoms with Crippen molar-refractivity contribution in [2.45, 2.75) is 26.9 Å². The van der Waals surface area contributed by atoms with Crippen molar-refractivity contribution in [2.24, 2.45) is 0 Å². The molecule has 0 aliphatic heterocycles. The van der Waals surface area contributed by atoms with Crippen LogP contribution >= 0.6 is 0 Å². The summed E-state index contributed by atoms with van der Waals surface area (Å²) < 4.78 is 10.1. The minimum atomic E-state index is 0.152. The fourth-order valence-electron chi connectivity index (χ4n) is 1.93. The molecule has 0 amide bonds. The molecule has 0 radical (unpaired) electrons. The Morgan fingerprint density at radius 3 is 2.68 bits per heavy atom. The first-order valence-electron chi connectivity index (χ1n) is 6.10. The molecule has 1 heterocycles. The van der Waals surface area contributed by atoms with Crippen LogP contribution in [0.5, 0.6) is 11.5 Å². The van der Waals surface area contributed by atoms with E-state index in [1.165, 1.54) is 7.11 Å². The summed E-state index contributed by atoms with van der Waals surface area (Å²) in [6, 6.07) is 5.36. The number of aromatic hydroxyl groups is 1. The number of rotatable bonds is 5. The predicted octanol–water partition coefficient (Wildman–Crippen LogP) is 2.30. The Kier molecular flexibility index (Phi) is 4.06. The largest absolute Gasteiger partial charge is 0.504 e. The van der Waals surface area contributed by atoms with E-state index in [0.29, 0.717) is 18.8 Å². The van der Waals surface area contributed by atoms with E-state index in [0.717, 1.165) is 22.6 Å². The van der Waals surface area contributed by atoms with Crippen molar-refractivity contribution in [1.82, 2.24) is 10.5 Å². The third-order valence-electron chi connectivity index (χ3n) is 3.06. The van der Waals surface area contributed by atoms with Gasteiger partial charge in [-0.25, -0.2) is 0 Å². The van der Waals surface area contributed by atoms with E-state index >= 15 is 0 Å². The fraction of sp³-hybridized carbons (Fsp3) is 0.357. The van der Waals surface area contributed by atoms with Gasteiger partial charge in [0.1, 0.15) is 5.76 Å². The van der Waals surface area contributed by atoms with Gasteiger partial charge >= 0.3 is 0 Å². The quantitative estimate of drug-likeness (QED) is 0.865. The first-order valence-corrected chi connectivity index (χ1v) is 6.10. The average Bonchev–Trinajstić information content (AvgIpc) is 2.70. The number of aromatic nitrogens is 1. The number of nitrogens with zero attached hydrogens (tertiary/aromatic N) is 1. The summed E-state index contributed by atoms with van der Waals surface area (Å²) >= 11 is 0. The molecule has 2 aromatic rings. The lowest BCUT2D eigenvalue weighted by atomic mass is 10.1. The lowest BCUT2D eigenvalue weighted by Gasteiger charge is -2.07. The van der Waals surface area contributed by atoms with Gasteiger partial charge in [0.05, 0.1) is 12.8 Å². The molecule has 0 bridgehead atoms. The Morgan fingerprint density at radius 2 is 2.11 bits per heavy atom. The number of benzene rings is 1. The number of ether oxygens (including phenoxy) is 1. The Labute approximate surface area is 112 Å². The Bertz CT molecular complexity index is 544. The van der Waals surface area contributed by atoms with Gasteiger partial charge in [-0.1, -0.05) is 11.2 Å². The Hall–Kier alpha value is -2.01. The summed E-state index contributed by atoms with van der Waals surface area (Å²) in [4.78, 5) is 0. The third kappa shape index (κ3) is 3.06. The topological polar surface area (TPSA) is 67.5 Å². The van der Waals surface area contributed by atoms with Crippen molar-refractivity contribution in [1.29, 1.82) is 0 Å². The van der Waals surface area contributed by atoms with Crippen molar-refractivity contribution in [3.63, 3.8) is 0 Å². The molecule has 5 nitrogen and oxygen atoms in total. The first kappa shape index (κ1) is 13.4. The van der Waals surface area contributed by atoms with E-state index in [-0.39, 0.29) is 5.75 Å². The first-order chi connectivity index (χ1) is 9.11. The number of hydrogen-bond donors (Lipinski definition) is 2. The molecule has 0 aliphatic rings. The van der Waals surface area contributed by atoms with Gasteiger partial charge in [0.2, 0.25) is 0 Å². The minimum absolute atomic E-state index is 0.152. The molecule has 2 rings (SSSR count). The third-order valence-corrected chi connectivity index (χ3v) is 3.06. The molecule has 0 atom stereocenters. The van der Waals surface area contributed by atoms with Crippen molar-refractivity contribution in [2.75, 3.05) is 7.11 Å². The van der Waals surface area contributed by atoms with Crippen molar-refractivity contribution in [3.8, 4) is 11.5 Å². The Morgan fingerprint density at radius 1 is 1.32 bits per heavy atom. The maximum absolute atomic E-state index is 9.69. The standard InChI is InChI=1S/C14H18N2O3/c1-9-12(10(2)19-16-9)8-15-7-11-4-5-14(18-3)13(17)6-11/h4-6,15,17H,7-8H2,1-3H3. The molecule has 0 fully saturated rings. The van der Waals surface area contributed by atoms with Gasteiger partial charge in [-0.3, -0.25) is 0 Å². The van der Waals surface area contributed by atoms with Gasteiger partial charge in [-0.05, 0) is 31.5 Å². The van der Waals surface area contributed by atoms with Crippen LogP contribution in [0.4, 0.5) is 0 Å². The highest BCUT2D eigenvalue weighted by Crippen LogP contribution is 2.26. The maximum atomic E-state index is 9.69. The van der Waals surface area contributed by atoms with Crippen molar-refractivity contribution >= 4 is 0 Å². The molecule has 0 aliphatic carbocycles. The Balaban J connectivity index is 1.94. The van der Waals surface area contributed by atoms with E-state index < -0.39 is 0 Å². The molecular weight excluding hydrogens is 244 g/mol. The number of hydrogen-bond acceptors (Lipinski definition) is 5. The zero-order valence-electron chi connectivity index (χ0n) is 11.4. The van der Waals surface area contributed by atoms with Crippen molar-refractivity contribution in [3.05, 3.63) is 40.8 Å². The summed E-state index contributed by atoms with van der Waals surface area (Å²) in [6.45, 7) is 5.17. The normalized spacial score (nSPS) is 10.7. The van der Waals surface area contributed by atoms with Gasteiger partial charge < -0.3 is 19.7 Å². The molecule has 5 heteroatoms. The summed E-state index contributed by atoms with van der Waals surface area (Å²) in [5.41, 5.74) is 2.98. The van der Waals surface area contributed by atoms with E-state index in [9.17, 15) is 5.11 Å². The average molecular weight is 262 g/mol. The van der Waals surface area contributed by atoms with Crippen molar-refractivity contribution < 1.29 is 14.4 Å². The molecule has 0 spiro atoms. The highest BCUT2D eigenvalue weighted by atomic mass is 16.5. The van der Waals surface area contributed by atoms with Gasteiger partial charge in [0, 0.05) is 18.7 Å². The number of phenolic OH excluding ortho intramolecular Hbond substituents is 1. The van der Waals surface area contributed by atoms with Crippen LogP contribution in [-0.4, -0.2) is 17.4 Å². The van der Waals surface area contributed by atoms with Gasteiger partial charge in [-0.15, -0.1) is 0 Å². The van der Waals surface area contributed by atoms with Gasteiger partial charge in [0.15, 0.2) is 11.5 Å². The minimum Gasteiger partial charge on any atom is -0.504 e. The van der Waals surface area contributed by atoms with E-state index in [4.69, 9.17) is 9.26 Å². The maximum Gasteiger partial charge on any atom is 0.160 e. The van der Waals surface area contributed by atoms with E-state index in [2.05, 4.69) is 10.5 Å². The molecule has 0 saturated heterocycles. The number of methoxy groups -OCH3 is 1. The van der Waals surface area contributed by atoms with E-state index in [1.54, 1.807) is 12.1 Å². The highest BCUT2D eigenvalue weighted by molar-refractivity contribution is 5.41. The molecule has 1 aromatic carbocycles. The second kappa shape index (κ2) is 5.75. The molecule has 102 valence electrons. The fourth-order valence-corrected chi connectivity index (χ4v) is 1.93. The van der Waals surface area contributed by atoms with Crippen LogP contribution in [0, 0.1) is 13.8 Å². The summed E-state index contributed by atoms with van der Waals surface area (Å²) in [6.07, 6.45) is 0. The van der Waals surface area contributed by atoms with E-state index in [1.807, 2.05) is 19.9 Å². The van der Waals surface area contributed by atoms with Crippen LogP contribution in [0.3, 0.4) is 0 Å². The van der Waals surface area contributed by atoms with Crippen LogP contribution in [0.15, 0.2) is 22.7 Å². The lowest BCUT2D eigenvalue weighted by Crippen LogP contribution is -2.13. The molecular formula is C14H18N2O3. The van der Waals surface area contributed by atoms with Crippen LogP contribution in [-0.2, 0) is 13.1 Å². The number of nitrogens with one attached hydrogen (secondary N) is 1. The summed E-state index contributed by atoms with van der Waals surface area (Å²) in [5, 5.41) is 16.9. The zero-order chi connectivity index (χ0) is 13.8. The smallest absolute Gasteiger partial charge is 0.160 e. The number of aryl methyl sites for hydroxylation is 2. The second-order valence-electron chi connectivity index (χ2n) is 4.41. The van der Waals surface area contributed by atoms with Gasteiger partial charge in [-0.2, -0.15) is 0 Å². The molecule has 1 aromatic heterocycles. The molecule has 19 heavy (non-hydrogen) atoms. The molecule has 0 saturated carbocycles. The predicted molar refractivity (Wildman–Crippen MR) is 71.2 cm³/mol. The lowest BCUT2D eigenvalue weighted by molar-refractivity contribution is 0.373. The van der Waals surface area contributed by atoms with Crippen LogP contribution in [0.1, 0.15) is 22.6 Å². The summed E-state index contributed by atoms with van der Waals surface area (Å²) in [7, 11) is 1.53. The SMILES string of the molecule is COc1ccc(CNCc2c(C)noc2C)cc1O. The number of phenols is 1. The summed E-state index contributed by atoms with van der Waals surface area (Å²) in [5.74, 6) is 1.47. The molecule has 2 N–H and O–H groups in total. The van der Waals surface area contributed by atoms with Crippen LogP contribution in [0.2, 0.25) is 0 Å².